The summed E-state index contributed by atoms with van der Waals surface area (Å²) < 4.78 is 3.66. The number of nitrogens with zero attached hydrogens (tertiary/aromatic N) is 2. The molecule has 0 saturated carbocycles. The van der Waals surface area contributed by atoms with E-state index < -0.39 is 0 Å². The summed E-state index contributed by atoms with van der Waals surface area (Å²) in [4.78, 5) is 34.9. The molecule has 0 aliphatic heterocycles. The second-order valence-electron chi connectivity index (χ2n) is 15.0. The van der Waals surface area contributed by atoms with Gasteiger partial charge in [0.05, 0.1) is 20.4 Å². The van der Waals surface area contributed by atoms with E-state index in [1.165, 1.54) is 11.1 Å². The van der Waals surface area contributed by atoms with Crippen molar-refractivity contribution < 1.29 is 9.59 Å². The van der Waals surface area contributed by atoms with Crippen molar-refractivity contribution in [1.29, 1.82) is 0 Å². The number of hydrogen-bond donors (Lipinski definition) is 0. The molecule has 2 heterocycles. The average molecular weight is 641 g/mol. The Balaban J connectivity index is 1.34. The van der Waals surface area contributed by atoms with E-state index in [2.05, 4.69) is 116 Å². The number of hydrogen-bond acceptors (Lipinski definition) is 8. The van der Waals surface area contributed by atoms with Crippen LogP contribution in [-0.4, -0.2) is 20.2 Å². The first-order chi connectivity index (χ1) is 19.3. The van der Waals surface area contributed by atoms with Crippen molar-refractivity contribution in [2.75, 3.05) is 0 Å². The van der Waals surface area contributed by atoms with Crippen molar-refractivity contribution in [3.8, 4) is 0 Å². The molecule has 0 aliphatic rings. The molecule has 0 fully saturated rings. The minimum Gasteiger partial charge on any atom is -0.287 e. The summed E-state index contributed by atoms with van der Waals surface area (Å²) in [5.41, 5.74) is 4.97. The molecule has 4 aromatic rings. The van der Waals surface area contributed by atoms with Crippen LogP contribution in [0, 0.1) is 10.8 Å². The van der Waals surface area contributed by atoms with Crippen molar-refractivity contribution in [3.05, 3.63) is 47.5 Å². The zero-order valence-electron chi connectivity index (χ0n) is 26.6. The maximum atomic E-state index is 12.8. The van der Waals surface area contributed by atoms with Crippen molar-refractivity contribution >= 4 is 76.9 Å². The molecule has 0 N–H and O–H groups in total. The van der Waals surface area contributed by atoms with Gasteiger partial charge in [-0.25, -0.2) is 9.97 Å². The van der Waals surface area contributed by atoms with Gasteiger partial charge in [0.2, 0.25) is 0 Å². The van der Waals surface area contributed by atoms with Gasteiger partial charge in [-0.3, -0.25) is 9.59 Å². The molecule has 2 aromatic carbocycles. The first-order valence-corrected chi connectivity index (χ1v) is 17.8. The summed E-state index contributed by atoms with van der Waals surface area (Å²) in [6, 6.07) is 12.9. The fourth-order valence-electron chi connectivity index (χ4n) is 6.09. The Morgan fingerprint density at radius 1 is 0.619 bits per heavy atom. The SMILES string of the molecule is CC(C)(C)CC(C)(C)c1ccc2nc(SC(=O)CCC(=O)Sc3nc4ccc(C(C)(C)CC(C)(C)C)cc4s3)sc2c1. The first kappa shape index (κ1) is 33.2. The molecule has 0 amide bonds. The van der Waals surface area contributed by atoms with E-state index in [1.54, 1.807) is 22.7 Å². The Morgan fingerprint density at radius 3 is 1.31 bits per heavy atom. The second kappa shape index (κ2) is 12.3. The highest BCUT2D eigenvalue weighted by Gasteiger charge is 2.29. The number of carbonyl (C=O) groups excluding carboxylic acids is 2. The number of carbonyl (C=O) groups is 2. The Labute approximate surface area is 267 Å². The van der Waals surface area contributed by atoms with E-state index in [1.807, 2.05) is 0 Å². The smallest absolute Gasteiger partial charge is 0.196 e. The first-order valence-electron chi connectivity index (χ1n) is 14.5. The molecule has 42 heavy (non-hydrogen) atoms. The van der Waals surface area contributed by atoms with Gasteiger partial charge in [-0.2, -0.15) is 0 Å². The van der Waals surface area contributed by atoms with Crippen LogP contribution >= 0.6 is 46.2 Å². The van der Waals surface area contributed by atoms with Crippen LogP contribution in [-0.2, 0) is 20.4 Å². The van der Waals surface area contributed by atoms with E-state index in [0.29, 0.717) is 0 Å². The van der Waals surface area contributed by atoms with Crippen LogP contribution in [0.1, 0.15) is 106 Å². The van der Waals surface area contributed by atoms with Crippen LogP contribution in [0.15, 0.2) is 45.1 Å². The predicted molar refractivity (Wildman–Crippen MR) is 184 cm³/mol. The van der Waals surface area contributed by atoms with Crippen LogP contribution < -0.4 is 0 Å². The van der Waals surface area contributed by atoms with Crippen LogP contribution in [0.4, 0.5) is 0 Å². The summed E-state index contributed by atoms with van der Waals surface area (Å²) in [6.07, 6.45) is 2.52. The van der Waals surface area contributed by atoms with Crippen LogP contribution in [0.25, 0.3) is 20.4 Å². The van der Waals surface area contributed by atoms with E-state index >= 15 is 0 Å². The average Bonchev–Trinajstić information content (AvgIpc) is 3.41. The van der Waals surface area contributed by atoms with Gasteiger partial charge in [0, 0.05) is 12.8 Å². The molecule has 0 saturated heterocycles. The molecular formula is C34H44N2O2S4. The minimum absolute atomic E-state index is 0.0358. The van der Waals surface area contributed by atoms with Crippen molar-refractivity contribution in [2.45, 2.75) is 114 Å². The number of fused-ring (bicyclic) bond motifs is 2. The summed E-state index contributed by atoms with van der Waals surface area (Å²) in [7, 11) is 0. The van der Waals surface area contributed by atoms with E-state index in [0.717, 1.165) is 65.5 Å². The molecule has 0 spiro atoms. The van der Waals surface area contributed by atoms with Crippen molar-refractivity contribution in [1.82, 2.24) is 9.97 Å². The quantitative estimate of drug-likeness (QED) is 0.170. The molecule has 2 aromatic heterocycles. The fraction of sp³-hybridized carbons (Fsp3) is 0.529. The zero-order chi connectivity index (χ0) is 31.1. The Hall–Kier alpha value is -1.74. The minimum atomic E-state index is -0.0358. The predicted octanol–water partition coefficient (Wildman–Crippen LogP) is 11.1. The highest BCUT2D eigenvalue weighted by molar-refractivity contribution is 8.15. The monoisotopic (exact) mass is 640 g/mol. The van der Waals surface area contributed by atoms with Gasteiger partial charge in [0.1, 0.15) is 0 Å². The molecule has 0 unspecified atom stereocenters. The molecule has 0 atom stereocenters. The van der Waals surface area contributed by atoms with Gasteiger partial charge >= 0.3 is 0 Å². The largest absolute Gasteiger partial charge is 0.287 e. The topological polar surface area (TPSA) is 59.9 Å². The van der Waals surface area contributed by atoms with Gasteiger partial charge < -0.3 is 0 Å². The number of thiazole rings is 2. The number of benzene rings is 2. The lowest BCUT2D eigenvalue weighted by Gasteiger charge is -2.33. The van der Waals surface area contributed by atoms with Gasteiger partial charge in [-0.15, -0.1) is 22.7 Å². The molecule has 8 heteroatoms. The van der Waals surface area contributed by atoms with E-state index in [-0.39, 0.29) is 44.7 Å². The Morgan fingerprint density at radius 2 is 0.976 bits per heavy atom. The normalized spacial score (nSPS) is 13.3. The molecular weight excluding hydrogens is 597 g/mol. The third-order valence-electron chi connectivity index (χ3n) is 7.18. The van der Waals surface area contributed by atoms with E-state index in [4.69, 9.17) is 0 Å². The zero-order valence-corrected chi connectivity index (χ0v) is 29.9. The summed E-state index contributed by atoms with van der Waals surface area (Å²) >= 11 is 5.40. The summed E-state index contributed by atoms with van der Waals surface area (Å²) in [6.45, 7) is 22.8. The molecule has 0 aliphatic carbocycles. The van der Waals surface area contributed by atoms with Crippen molar-refractivity contribution in [3.63, 3.8) is 0 Å². The Kier molecular flexibility index (Phi) is 9.74. The summed E-state index contributed by atoms with van der Waals surface area (Å²) in [5.74, 6) is 0. The lowest BCUT2D eigenvalue weighted by Crippen LogP contribution is -2.24. The van der Waals surface area contributed by atoms with Gasteiger partial charge in [-0.1, -0.05) is 81.4 Å². The second-order valence-corrected chi connectivity index (χ2v) is 19.7. The molecule has 0 radical (unpaired) electrons. The molecule has 4 rings (SSSR count). The molecule has 226 valence electrons. The maximum absolute atomic E-state index is 12.8. The van der Waals surface area contributed by atoms with Gasteiger partial charge in [-0.05, 0) is 93.4 Å². The van der Waals surface area contributed by atoms with Crippen LogP contribution in [0.2, 0.25) is 0 Å². The van der Waals surface area contributed by atoms with Gasteiger partial charge in [0.15, 0.2) is 18.9 Å². The number of thioether (sulfide) groups is 2. The number of rotatable bonds is 9. The summed E-state index contributed by atoms with van der Waals surface area (Å²) in [5, 5.41) is -0.0716. The third kappa shape index (κ3) is 8.90. The van der Waals surface area contributed by atoms with Crippen LogP contribution in [0.5, 0.6) is 0 Å². The van der Waals surface area contributed by atoms with E-state index in [9.17, 15) is 9.59 Å². The van der Waals surface area contributed by atoms with Gasteiger partial charge in [0.25, 0.3) is 0 Å². The lowest BCUT2D eigenvalue weighted by molar-refractivity contribution is -0.115. The maximum Gasteiger partial charge on any atom is 0.196 e. The van der Waals surface area contributed by atoms with Crippen molar-refractivity contribution in [2.24, 2.45) is 10.8 Å². The Bertz CT molecular complexity index is 1480. The highest BCUT2D eigenvalue weighted by Crippen LogP contribution is 2.41. The fourth-order valence-corrected chi connectivity index (χ4v) is 10.1. The molecule has 0 bridgehead atoms. The highest BCUT2D eigenvalue weighted by atomic mass is 32.2. The lowest BCUT2D eigenvalue weighted by atomic mass is 9.72. The van der Waals surface area contributed by atoms with Crippen LogP contribution in [0.3, 0.4) is 0 Å². The third-order valence-corrected chi connectivity index (χ3v) is 11.2. The number of aromatic nitrogens is 2. The standard InChI is InChI=1S/C34H44N2O2S4/c1-31(2,3)19-33(7,8)21-11-13-23-25(17-21)39-29(35-23)41-27(37)15-16-28(38)42-30-36-24-14-12-22(18-26(24)40-30)34(9,10)20-32(4,5)6/h11-14,17-18H,15-16,19-20H2,1-10H3. The molecule has 4 nitrogen and oxygen atoms in total.